The number of benzene rings is 2. The molecular formula is C25H34N4O4S. The molecule has 2 fully saturated rings. The van der Waals surface area contributed by atoms with Gasteiger partial charge >= 0.3 is 0 Å². The maximum Gasteiger partial charge on any atom is 0.241 e. The molecule has 2 aliphatic heterocycles. The molecule has 2 N–H and O–H groups in total. The van der Waals surface area contributed by atoms with E-state index < -0.39 is 21.7 Å². The zero-order valence-electron chi connectivity index (χ0n) is 19.5. The summed E-state index contributed by atoms with van der Waals surface area (Å²) in [6.07, 6.45) is 3.45. The summed E-state index contributed by atoms with van der Waals surface area (Å²) in [5.74, 6) is -1.16. The van der Waals surface area contributed by atoms with Crippen molar-refractivity contribution in [2.45, 2.75) is 31.9 Å². The molecule has 4 rings (SSSR count). The van der Waals surface area contributed by atoms with Crippen LogP contribution in [-0.4, -0.2) is 70.4 Å². The van der Waals surface area contributed by atoms with Crippen LogP contribution in [0.3, 0.4) is 0 Å². The molecule has 2 aliphatic rings. The van der Waals surface area contributed by atoms with E-state index >= 15 is 0 Å². The lowest BCUT2D eigenvalue weighted by molar-refractivity contribution is -0.119. The van der Waals surface area contributed by atoms with Gasteiger partial charge in [0.25, 0.3) is 0 Å². The summed E-state index contributed by atoms with van der Waals surface area (Å²) in [5, 5.41) is 2.71. The summed E-state index contributed by atoms with van der Waals surface area (Å²) in [6, 6.07) is 17.5. The van der Waals surface area contributed by atoms with Gasteiger partial charge in [-0.15, -0.1) is 0 Å². The third-order valence-electron chi connectivity index (χ3n) is 6.18. The Kier molecular flexibility index (Phi) is 8.42. The Bertz CT molecular complexity index is 1020. The molecule has 184 valence electrons. The number of nitrogens with zero attached hydrogens (tertiary/aromatic N) is 2. The normalized spacial score (nSPS) is 19.5. The number of hydrogen-bond donors (Lipinski definition) is 2. The van der Waals surface area contributed by atoms with E-state index in [9.17, 15) is 13.2 Å². The molecular weight excluding hydrogens is 452 g/mol. The van der Waals surface area contributed by atoms with E-state index in [-0.39, 0.29) is 12.6 Å². The summed E-state index contributed by atoms with van der Waals surface area (Å²) in [7, 11) is -3.80. The second-order valence-corrected chi connectivity index (χ2v) is 10.7. The minimum absolute atomic E-state index is 0.167. The monoisotopic (exact) mass is 486 g/mol. The molecule has 0 saturated carbocycles. The van der Waals surface area contributed by atoms with Gasteiger partial charge in [0.1, 0.15) is 5.75 Å². The van der Waals surface area contributed by atoms with Crippen molar-refractivity contribution in [2.24, 2.45) is 0 Å². The van der Waals surface area contributed by atoms with Gasteiger partial charge in [0.2, 0.25) is 15.9 Å². The zero-order valence-corrected chi connectivity index (χ0v) is 20.3. The number of rotatable bonds is 9. The molecule has 9 heteroatoms. The van der Waals surface area contributed by atoms with Gasteiger partial charge in [-0.25, -0.2) is 8.42 Å². The van der Waals surface area contributed by atoms with E-state index in [1.54, 1.807) is 12.1 Å². The van der Waals surface area contributed by atoms with E-state index in [4.69, 9.17) is 4.74 Å². The van der Waals surface area contributed by atoms with Crippen LogP contribution >= 0.6 is 0 Å². The Morgan fingerprint density at radius 1 is 0.971 bits per heavy atom. The molecule has 8 nitrogen and oxygen atoms in total. The Labute approximate surface area is 202 Å². The minimum Gasteiger partial charge on any atom is -0.374 e. The SMILES string of the molecule is O=C(CS(=O)(=O)Nc1ccc(N2CCCCC2)cc1)NCC1CN(Cc2ccccc2)CCO1. The Hall–Kier alpha value is -2.62. The largest absolute Gasteiger partial charge is 0.374 e. The fourth-order valence-electron chi connectivity index (χ4n) is 4.45. The maximum absolute atomic E-state index is 12.5. The first kappa shape index (κ1) is 24.5. The molecule has 0 aliphatic carbocycles. The highest BCUT2D eigenvalue weighted by atomic mass is 32.2. The molecule has 0 aromatic heterocycles. The highest BCUT2D eigenvalue weighted by molar-refractivity contribution is 7.93. The van der Waals surface area contributed by atoms with Gasteiger partial charge < -0.3 is 15.0 Å². The third kappa shape index (κ3) is 7.44. The number of amides is 1. The molecule has 2 aromatic carbocycles. The van der Waals surface area contributed by atoms with Crippen molar-refractivity contribution < 1.29 is 17.9 Å². The molecule has 1 atom stereocenters. The van der Waals surface area contributed by atoms with E-state index in [1.807, 2.05) is 30.3 Å². The fraction of sp³-hybridized carbons (Fsp3) is 0.480. The molecule has 0 spiro atoms. The standard InChI is InChI=1S/C25H34N4O4S/c30-25(26-17-24-19-28(15-16-33-24)18-21-7-3-1-4-8-21)20-34(31,32)27-22-9-11-23(12-10-22)29-13-5-2-6-14-29/h1,3-4,7-12,24,27H,2,5-6,13-20H2,(H,26,30). The fourth-order valence-corrected chi connectivity index (χ4v) is 5.46. The highest BCUT2D eigenvalue weighted by Crippen LogP contribution is 2.22. The quantitative estimate of drug-likeness (QED) is 0.566. The minimum atomic E-state index is -3.80. The summed E-state index contributed by atoms with van der Waals surface area (Å²) in [5.41, 5.74) is 2.78. The number of anilines is 2. The lowest BCUT2D eigenvalue weighted by Crippen LogP contribution is -2.48. The van der Waals surface area contributed by atoms with Crippen LogP contribution in [0.4, 0.5) is 11.4 Å². The van der Waals surface area contributed by atoms with Crippen molar-refractivity contribution in [3.8, 4) is 0 Å². The molecule has 2 saturated heterocycles. The number of hydrogen-bond acceptors (Lipinski definition) is 6. The number of carbonyl (C=O) groups is 1. The Balaban J connectivity index is 1.21. The summed E-state index contributed by atoms with van der Waals surface area (Å²) >= 11 is 0. The van der Waals surface area contributed by atoms with Crippen LogP contribution in [0.25, 0.3) is 0 Å². The van der Waals surface area contributed by atoms with E-state index in [0.29, 0.717) is 18.8 Å². The lowest BCUT2D eigenvalue weighted by atomic mass is 10.1. The van der Waals surface area contributed by atoms with Crippen LogP contribution in [0.5, 0.6) is 0 Å². The summed E-state index contributed by atoms with van der Waals surface area (Å²) in [4.78, 5) is 16.9. The first-order chi connectivity index (χ1) is 16.5. The molecule has 1 amide bonds. The Morgan fingerprint density at radius 3 is 2.44 bits per heavy atom. The van der Waals surface area contributed by atoms with Crippen molar-refractivity contribution in [2.75, 3.05) is 54.7 Å². The topological polar surface area (TPSA) is 91.0 Å². The lowest BCUT2D eigenvalue weighted by Gasteiger charge is -2.33. The summed E-state index contributed by atoms with van der Waals surface area (Å²) < 4.78 is 33.2. The van der Waals surface area contributed by atoms with E-state index in [2.05, 4.69) is 32.0 Å². The van der Waals surface area contributed by atoms with Gasteiger partial charge in [-0.1, -0.05) is 30.3 Å². The predicted molar refractivity (Wildman–Crippen MR) is 134 cm³/mol. The number of nitrogens with one attached hydrogen (secondary N) is 2. The van der Waals surface area contributed by atoms with Gasteiger partial charge in [-0.05, 0) is 49.1 Å². The van der Waals surface area contributed by atoms with Crippen LogP contribution in [0.15, 0.2) is 54.6 Å². The highest BCUT2D eigenvalue weighted by Gasteiger charge is 2.23. The number of morpholine rings is 1. The smallest absolute Gasteiger partial charge is 0.241 e. The number of sulfonamides is 1. The van der Waals surface area contributed by atoms with Crippen LogP contribution in [-0.2, 0) is 26.1 Å². The van der Waals surface area contributed by atoms with Gasteiger partial charge in [0.15, 0.2) is 0 Å². The van der Waals surface area contributed by atoms with E-state index in [1.165, 1.54) is 24.8 Å². The second kappa shape index (κ2) is 11.7. The van der Waals surface area contributed by atoms with Crippen molar-refractivity contribution >= 4 is 27.3 Å². The van der Waals surface area contributed by atoms with E-state index in [0.717, 1.165) is 31.9 Å². The zero-order chi connectivity index (χ0) is 23.8. The van der Waals surface area contributed by atoms with Crippen LogP contribution in [0, 0.1) is 0 Å². The molecule has 34 heavy (non-hydrogen) atoms. The van der Waals surface area contributed by atoms with Crippen LogP contribution < -0.4 is 14.9 Å². The predicted octanol–water partition coefficient (Wildman–Crippen LogP) is 2.44. The van der Waals surface area contributed by atoms with Crippen molar-refractivity contribution in [1.82, 2.24) is 10.2 Å². The van der Waals surface area contributed by atoms with Crippen molar-refractivity contribution in [1.29, 1.82) is 0 Å². The van der Waals surface area contributed by atoms with Gasteiger partial charge in [0.05, 0.1) is 12.7 Å². The van der Waals surface area contributed by atoms with Crippen molar-refractivity contribution in [3.05, 3.63) is 60.2 Å². The van der Waals surface area contributed by atoms with Gasteiger partial charge in [-0.3, -0.25) is 14.4 Å². The average Bonchev–Trinajstić information content (AvgIpc) is 2.84. The molecule has 2 heterocycles. The first-order valence-corrected chi connectivity index (χ1v) is 13.6. The third-order valence-corrected chi connectivity index (χ3v) is 7.37. The number of ether oxygens (including phenoxy) is 1. The molecule has 0 bridgehead atoms. The number of carbonyl (C=O) groups excluding carboxylic acids is 1. The molecule has 1 unspecified atom stereocenters. The van der Waals surface area contributed by atoms with Gasteiger partial charge in [0, 0.05) is 50.6 Å². The van der Waals surface area contributed by atoms with Crippen LogP contribution in [0.2, 0.25) is 0 Å². The number of piperidine rings is 1. The molecule has 2 aromatic rings. The van der Waals surface area contributed by atoms with Crippen molar-refractivity contribution in [3.63, 3.8) is 0 Å². The molecule has 0 radical (unpaired) electrons. The average molecular weight is 487 g/mol. The summed E-state index contributed by atoms with van der Waals surface area (Å²) in [6.45, 7) is 5.26. The first-order valence-electron chi connectivity index (χ1n) is 12.0. The van der Waals surface area contributed by atoms with Gasteiger partial charge in [-0.2, -0.15) is 0 Å². The second-order valence-electron chi connectivity index (χ2n) is 8.97. The van der Waals surface area contributed by atoms with Crippen LogP contribution in [0.1, 0.15) is 24.8 Å². The Morgan fingerprint density at radius 2 is 1.71 bits per heavy atom. The maximum atomic E-state index is 12.5.